The number of hydrogen-bond acceptors (Lipinski definition) is 5. The van der Waals surface area contributed by atoms with Gasteiger partial charge in [0.15, 0.2) is 5.60 Å². The summed E-state index contributed by atoms with van der Waals surface area (Å²) in [5.74, 6) is -6.40. The standard InChI is InChI=1S/C23H23F6N3O4/c1-10-15(12-6-7-13(24)16(19(25)26)17(12)35-4)18(36-22(10,2)23(27,28)29)21(34)32-11-5-8-14(31-9-11)20(33)30-3/h5-10,15,18-19H,1-4H3,(H,30,33)(H,32,34)/t10-,15-,18+,22+/m1/s1. The van der Waals surface area contributed by atoms with Crippen molar-refractivity contribution in [3.63, 3.8) is 0 Å². The van der Waals surface area contributed by atoms with E-state index in [1.165, 1.54) is 19.2 Å². The monoisotopic (exact) mass is 519 g/mol. The second kappa shape index (κ2) is 9.96. The molecular weight excluding hydrogens is 496 g/mol. The Hall–Kier alpha value is -3.35. The molecular formula is C23H23F6N3O4. The molecule has 1 fully saturated rings. The van der Waals surface area contributed by atoms with E-state index in [4.69, 9.17) is 9.47 Å². The molecule has 0 aliphatic carbocycles. The van der Waals surface area contributed by atoms with Gasteiger partial charge in [0.1, 0.15) is 23.4 Å². The molecule has 0 spiro atoms. The van der Waals surface area contributed by atoms with E-state index in [0.29, 0.717) is 6.07 Å². The fourth-order valence-corrected chi connectivity index (χ4v) is 4.25. The zero-order valence-corrected chi connectivity index (χ0v) is 19.5. The number of amides is 2. The van der Waals surface area contributed by atoms with Crippen LogP contribution < -0.4 is 15.4 Å². The molecule has 4 atom stereocenters. The van der Waals surface area contributed by atoms with Gasteiger partial charge in [-0.1, -0.05) is 13.0 Å². The zero-order chi connectivity index (χ0) is 27.0. The topological polar surface area (TPSA) is 89.6 Å². The highest BCUT2D eigenvalue weighted by molar-refractivity contribution is 5.96. The highest BCUT2D eigenvalue weighted by Crippen LogP contribution is 2.55. The summed E-state index contributed by atoms with van der Waals surface area (Å²) >= 11 is 0. The zero-order valence-electron chi connectivity index (χ0n) is 19.5. The molecule has 0 radical (unpaired) electrons. The summed E-state index contributed by atoms with van der Waals surface area (Å²) in [6.07, 6.45) is -8.97. The number of carbonyl (C=O) groups is 2. The van der Waals surface area contributed by atoms with E-state index >= 15 is 0 Å². The molecule has 3 rings (SSSR count). The number of benzene rings is 1. The Morgan fingerprint density at radius 3 is 2.36 bits per heavy atom. The van der Waals surface area contributed by atoms with Crippen molar-refractivity contribution in [3.8, 4) is 5.75 Å². The smallest absolute Gasteiger partial charge is 0.417 e. The van der Waals surface area contributed by atoms with E-state index in [-0.39, 0.29) is 16.9 Å². The molecule has 1 aromatic carbocycles. The Labute approximate surface area is 202 Å². The lowest BCUT2D eigenvalue weighted by atomic mass is 9.76. The lowest BCUT2D eigenvalue weighted by Gasteiger charge is -2.32. The summed E-state index contributed by atoms with van der Waals surface area (Å²) in [4.78, 5) is 28.6. The van der Waals surface area contributed by atoms with Gasteiger partial charge in [-0.15, -0.1) is 0 Å². The summed E-state index contributed by atoms with van der Waals surface area (Å²) in [5.41, 5.74) is -4.13. The first-order chi connectivity index (χ1) is 16.8. The SMILES string of the molecule is CNC(=O)c1ccc(NC(=O)[C@H]2O[C@](C)(C(F)(F)F)[C@H](C)[C@@H]2c2ccc(F)c(C(F)F)c2OC)cn1. The van der Waals surface area contributed by atoms with Crippen LogP contribution in [0.4, 0.5) is 32.0 Å². The van der Waals surface area contributed by atoms with Gasteiger partial charge in [-0.25, -0.2) is 18.2 Å². The molecule has 1 aliphatic rings. The largest absolute Gasteiger partial charge is 0.496 e. The van der Waals surface area contributed by atoms with Gasteiger partial charge in [-0.3, -0.25) is 9.59 Å². The summed E-state index contributed by atoms with van der Waals surface area (Å²) in [6.45, 7) is 1.91. The molecule has 1 aliphatic heterocycles. The molecule has 2 heterocycles. The van der Waals surface area contributed by atoms with E-state index in [9.17, 15) is 35.9 Å². The van der Waals surface area contributed by atoms with Crippen molar-refractivity contribution in [3.05, 3.63) is 53.1 Å². The number of alkyl halides is 5. The first-order valence-corrected chi connectivity index (χ1v) is 10.6. The number of pyridine rings is 1. The van der Waals surface area contributed by atoms with E-state index in [0.717, 1.165) is 33.2 Å². The fourth-order valence-electron chi connectivity index (χ4n) is 4.25. The van der Waals surface area contributed by atoms with Gasteiger partial charge in [0.25, 0.3) is 18.2 Å². The molecule has 0 unspecified atom stereocenters. The van der Waals surface area contributed by atoms with Gasteiger partial charge >= 0.3 is 6.18 Å². The minimum atomic E-state index is -4.94. The fraction of sp³-hybridized carbons (Fsp3) is 0.435. The maximum atomic E-state index is 14.2. The van der Waals surface area contributed by atoms with Crippen LogP contribution in [-0.4, -0.2) is 48.8 Å². The predicted octanol–water partition coefficient (Wildman–Crippen LogP) is 4.60. The third kappa shape index (κ3) is 4.71. The Bertz CT molecular complexity index is 1140. The van der Waals surface area contributed by atoms with Crippen LogP contribution in [-0.2, 0) is 9.53 Å². The summed E-state index contributed by atoms with van der Waals surface area (Å²) in [5, 5.41) is 4.73. The van der Waals surface area contributed by atoms with Gasteiger partial charge in [0.2, 0.25) is 0 Å². The second-order valence-corrected chi connectivity index (χ2v) is 8.34. The van der Waals surface area contributed by atoms with E-state index in [2.05, 4.69) is 15.6 Å². The Kier molecular flexibility index (Phi) is 7.53. The van der Waals surface area contributed by atoms with E-state index in [1.807, 2.05) is 0 Å². The molecule has 0 saturated carbocycles. The molecule has 13 heteroatoms. The molecule has 0 bridgehead atoms. The normalized spacial score (nSPS) is 24.0. The maximum Gasteiger partial charge on any atom is 0.417 e. The minimum absolute atomic E-state index is 0.0272. The van der Waals surface area contributed by atoms with Crippen LogP contribution in [0, 0.1) is 11.7 Å². The van der Waals surface area contributed by atoms with Crippen molar-refractivity contribution in [2.75, 3.05) is 19.5 Å². The molecule has 1 saturated heterocycles. The minimum Gasteiger partial charge on any atom is -0.496 e. The van der Waals surface area contributed by atoms with Gasteiger partial charge in [0.05, 0.1) is 24.6 Å². The number of anilines is 1. The van der Waals surface area contributed by atoms with Crippen LogP contribution in [0.1, 0.15) is 47.8 Å². The number of halogens is 6. The number of aromatic nitrogens is 1. The van der Waals surface area contributed by atoms with Crippen LogP contribution in [0.25, 0.3) is 0 Å². The lowest BCUT2D eigenvalue weighted by Crippen LogP contribution is -2.47. The summed E-state index contributed by atoms with van der Waals surface area (Å²) in [6, 6.07) is 4.28. The van der Waals surface area contributed by atoms with Crippen LogP contribution >= 0.6 is 0 Å². The molecule has 36 heavy (non-hydrogen) atoms. The number of nitrogens with zero attached hydrogens (tertiary/aromatic N) is 1. The molecule has 196 valence electrons. The summed E-state index contributed by atoms with van der Waals surface area (Å²) < 4.78 is 93.7. The number of rotatable bonds is 6. The lowest BCUT2D eigenvalue weighted by molar-refractivity contribution is -0.272. The summed E-state index contributed by atoms with van der Waals surface area (Å²) in [7, 11) is 2.36. The Morgan fingerprint density at radius 2 is 1.86 bits per heavy atom. The van der Waals surface area contributed by atoms with Crippen molar-refractivity contribution >= 4 is 17.5 Å². The van der Waals surface area contributed by atoms with Gasteiger partial charge in [0, 0.05) is 24.4 Å². The third-order valence-corrected chi connectivity index (χ3v) is 6.37. The molecule has 2 aromatic rings. The highest BCUT2D eigenvalue weighted by Gasteiger charge is 2.66. The quantitative estimate of drug-likeness (QED) is 0.545. The van der Waals surface area contributed by atoms with Gasteiger partial charge < -0.3 is 20.1 Å². The second-order valence-electron chi connectivity index (χ2n) is 8.34. The third-order valence-electron chi connectivity index (χ3n) is 6.37. The Balaban J connectivity index is 2.07. The van der Waals surface area contributed by atoms with Crippen molar-refractivity contribution in [2.24, 2.45) is 5.92 Å². The number of carbonyl (C=O) groups excluding carboxylic acids is 2. The van der Waals surface area contributed by atoms with E-state index < -0.39 is 65.1 Å². The number of nitrogens with one attached hydrogen (secondary N) is 2. The average Bonchev–Trinajstić information content (AvgIpc) is 3.10. The molecule has 2 N–H and O–H groups in total. The Morgan fingerprint density at radius 1 is 1.19 bits per heavy atom. The van der Waals surface area contributed by atoms with E-state index in [1.54, 1.807) is 0 Å². The first kappa shape index (κ1) is 27.2. The van der Waals surface area contributed by atoms with Crippen molar-refractivity contribution < 1.29 is 45.4 Å². The first-order valence-electron chi connectivity index (χ1n) is 10.6. The van der Waals surface area contributed by atoms with Crippen molar-refractivity contribution in [1.29, 1.82) is 0 Å². The van der Waals surface area contributed by atoms with Crippen molar-refractivity contribution in [2.45, 2.75) is 44.1 Å². The number of ether oxygens (including phenoxy) is 2. The molecule has 1 aromatic heterocycles. The van der Waals surface area contributed by atoms with Gasteiger partial charge in [-0.05, 0) is 25.1 Å². The van der Waals surface area contributed by atoms with Crippen LogP contribution in [0.5, 0.6) is 5.75 Å². The predicted molar refractivity (Wildman–Crippen MR) is 115 cm³/mol. The highest BCUT2D eigenvalue weighted by atomic mass is 19.4. The average molecular weight is 519 g/mol. The van der Waals surface area contributed by atoms with Crippen LogP contribution in [0.3, 0.4) is 0 Å². The van der Waals surface area contributed by atoms with Gasteiger partial charge in [-0.2, -0.15) is 13.2 Å². The molecule has 7 nitrogen and oxygen atoms in total. The maximum absolute atomic E-state index is 14.2. The number of methoxy groups -OCH3 is 1. The van der Waals surface area contributed by atoms with Crippen LogP contribution in [0.2, 0.25) is 0 Å². The van der Waals surface area contributed by atoms with Crippen molar-refractivity contribution in [1.82, 2.24) is 10.3 Å². The number of hydrogen-bond donors (Lipinski definition) is 2. The van der Waals surface area contributed by atoms with Crippen LogP contribution in [0.15, 0.2) is 30.5 Å². The molecule has 2 amide bonds.